The van der Waals surface area contributed by atoms with Gasteiger partial charge >= 0.3 is 0 Å². The third-order valence-electron chi connectivity index (χ3n) is 6.11. The van der Waals surface area contributed by atoms with E-state index in [0.717, 1.165) is 56.0 Å². The predicted molar refractivity (Wildman–Crippen MR) is 106 cm³/mol. The average Bonchev–Trinajstić information content (AvgIpc) is 3.31. The maximum absolute atomic E-state index is 12.3. The van der Waals surface area contributed by atoms with Crippen LogP contribution in [0.25, 0.3) is 0 Å². The highest BCUT2D eigenvalue weighted by Crippen LogP contribution is 2.32. The Morgan fingerprint density at radius 3 is 2.63 bits per heavy atom. The van der Waals surface area contributed by atoms with Crippen molar-refractivity contribution in [3.63, 3.8) is 0 Å². The minimum atomic E-state index is -0.156. The Morgan fingerprint density at radius 2 is 2.00 bits per heavy atom. The lowest BCUT2D eigenvalue weighted by molar-refractivity contribution is -0.00480. The van der Waals surface area contributed by atoms with E-state index in [1.807, 2.05) is 21.0 Å². The van der Waals surface area contributed by atoms with Gasteiger partial charge in [-0.25, -0.2) is 9.97 Å². The number of hydrogen-bond acceptors (Lipinski definition) is 6. The Hall–Kier alpha value is -1.73. The SMILES string of the molecule is COC1(CN[C@@H]2CCN(c3nc(C(=O)N(C)C)nc(C)c3C)C2)CCCC1. The second-order valence-corrected chi connectivity index (χ2v) is 8.19. The van der Waals surface area contributed by atoms with Crippen molar-refractivity contribution < 1.29 is 9.53 Å². The van der Waals surface area contributed by atoms with Crippen molar-refractivity contribution in [1.82, 2.24) is 20.2 Å². The highest BCUT2D eigenvalue weighted by Gasteiger charge is 2.35. The topological polar surface area (TPSA) is 70.6 Å². The number of methoxy groups -OCH3 is 1. The van der Waals surface area contributed by atoms with Crippen LogP contribution in [0.4, 0.5) is 5.82 Å². The van der Waals surface area contributed by atoms with Gasteiger partial charge in [-0.1, -0.05) is 12.8 Å². The molecule has 1 atom stereocenters. The number of hydrogen-bond donors (Lipinski definition) is 1. The van der Waals surface area contributed by atoms with Crippen LogP contribution >= 0.6 is 0 Å². The van der Waals surface area contributed by atoms with Gasteiger partial charge in [-0.15, -0.1) is 0 Å². The number of anilines is 1. The monoisotopic (exact) mass is 375 g/mol. The Bertz CT molecular complexity index is 685. The summed E-state index contributed by atoms with van der Waals surface area (Å²) in [7, 11) is 5.29. The number of ether oxygens (including phenoxy) is 1. The van der Waals surface area contributed by atoms with Gasteiger partial charge in [0.25, 0.3) is 5.91 Å². The van der Waals surface area contributed by atoms with Crippen LogP contribution in [0.1, 0.15) is 54.0 Å². The molecule has 1 aromatic heterocycles. The summed E-state index contributed by atoms with van der Waals surface area (Å²) in [5, 5.41) is 3.72. The van der Waals surface area contributed by atoms with E-state index in [4.69, 9.17) is 4.74 Å². The molecule has 1 aliphatic carbocycles. The molecule has 2 heterocycles. The zero-order valence-corrected chi connectivity index (χ0v) is 17.3. The fraction of sp³-hybridized carbons (Fsp3) is 0.750. The van der Waals surface area contributed by atoms with Gasteiger partial charge in [0.1, 0.15) is 5.82 Å². The van der Waals surface area contributed by atoms with Crippen LogP contribution in [0, 0.1) is 13.8 Å². The van der Waals surface area contributed by atoms with Crippen LogP contribution in [0.3, 0.4) is 0 Å². The predicted octanol–water partition coefficient (Wildman–Crippen LogP) is 1.92. The van der Waals surface area contributed by atoms with E-state index in [-0.39, 0.29) is 17.3 Å². The van der Waals surface area contributed by atoms with Gasteiger partial charge in [0, 0.05) is 58.1 Å². The molecule has 0 unspecified atom stereocenters. The Labute approximate surface area is 162 Å². The molecule has 0 radical (unpaired) electrons. The number of amides is 1. The minimum Gasteiger partial charge on any atom is -0.377 e. The molecule has 27 heavy (non-hydrogen) atoms. The number of nitrogens with zero attached hydrogens (tertiary/aromatic N) is 4. The highest BCUT2D eigenvalue weighted by atomic mass is 16.5. The molecular formula is C20H33N5O2. The van der Waals surface area contributed by atoms with Crippen molar-refractivity contribution in [3.05, 3.63) is 17.1 Å². The van der Waals surface area contributed by atoms with Crippen molar-refractivity contribution in [2.45, 2.75) is 57.6 Å². The van der Waals surface area contributed by atoms with Gasteiger partial charge in [-0.2, -0.15) is 0 Å². The molecule has 7 heteroatoms. The Kier molecular flexibility index (Phi) is 6.01. The second-order valence-electron chi connectivity index (χ2n) is 8.19. The van der Waals surface area contributed by atoms with Gasteiger partial charge in [0.2, 0.25) is 5.82 Å². The first-order valence-electron chi connectivity index (χ1n) is 9.95. The van der Waals surface area contributed by atoms with Crippen LogP contribution in [-0.4, -0.2) is 73.3 Å². The minimum absolute atomic E-state index is 0.0140. The van der Waals surface area contributed by atoms with Gasteiger partial charge < -0.3 is 19.9 Å². The molecule has 0 spiro atoms. The molecular weight excluding hydrogens is 342 g/mol. The molecule has 1 aliphatic heterocycles. The van der Waals surface area contributed by atoms with E-state index in [1.165, 1.54) is 17.7 Å². The summed E-state index contributed by atoms with van der Waals surface area (Å²) < 4.78 is 5.83. The van der Waals surface area contributed by atoms with Gasteiger partial charge in [-0.3, -0.25) is 4.79 Å². The first-order chi connectivity index (χ1) is 12.8. The molecule has 3 rings (SSSR count). The lowest BCUT2D eigenvalue weighted by Gasteiger charge is -2.29. The zero-order valence-electron chi connectivity index (χ0n) is 17.3. The van der Waals surface area contributed by atoms with E-state index < -0.39 is 0 Å². The van der Waals surface area contributed by atoms with Crippen molar-refractivity contribution in [1.29, 1.82) is 0 Å². The third-order valence-corrected chi connectivity index (χ3v) is 6.11. The molecule has 2 fully saturated rings. The molecule has 1 saturated heterocycles. The average molecular weight is 376 g/mol. The summed E-state index contributed by atoms with van der Waals surface area (Å²) in [6.45, 7) is 6.72. The summed E-state index contributed by atoms with van der Waals surface area (Å²) >= 11 is 0. The Morgan fingerprint density at radius 1 is 1.30 bits per heavy atom. The van der Waals surface area contributed by atoms with Crippen molar-refractivity contribution >= 4 is 11.7 Å². The fourth-order valence-electron chi connectivity index (χ4n) is 4.14. The first-order valence-corrected chi connectivity index (χ1v) is 9.95. The molecule has 1 saturated carbocycles. The third kappa shape index (κ3) is 4.24. The molecule has 0 bridgehead atoms. The molecule has 7 nitrogen and oxygen atoms in total. The standard InChI is InChI=1S/C20H33N5O2/c1-14-15(2)22-17(19(26)24(3)4)23-18(14)25-11-8-16(12-25)21-13-20(27-5)9-6-7-10-20/h16,21H,6-13H2,1-5H3/t16-/m1/s1. The number of nitrogens with one attached hydrogen (secondary N) is 1. The number of carbonyl (C=O) groups is 1. The van der Waals surface area contributed by atoms with E-state index in [1.54, 1.807) is 14.1 Å². The molecule has 1 N–H and O–H groups in total. The fourth-order valence-corrected chi connectivity index (χ4v) is 4.14. The number of carbonyl (C=O) groups excluding carboxylic acids is 1. The van der Waals surface area contributed by atoms with Crippen LogP contribution in [0.2, 0.25) is 0 Å². The van der Waals surface area contributed by atoms with Crippen molar-refractivity contribution in [2.75, 3.05) is 45.7 Å². The molecule has 1 aromatic rings. The van der Waals surface area contributed by atoms with Crippen LogP contribution < -0.4 is 10.2 Å². The van der Waals surface area contributed by atoms with E-state index in [9.17, 15) is 4.79 Å². The van der Waals surface area contributed by atoms with Crippen molar-refractivity contribution in [3.8, 4) is 0 Å². The number of rotatable bonds is 6. The largest absolute Gasteiger partial charge is 0.377 e. The van der Waals surface area contributed by atoms with E-state index in [2.05, 4.69) is 20.2 Å². The van der Waals surface area contributed by atoms with Gasteiger partial charge in [0.15, 0.2) is 0 Å². The Balaban J connectivity index is 1.68. The summed E-state index contributed by atoms with van der Waals surface area (Å²) in [5.41, 5.74) is 1.93. The second kappa shape index (κ2) is 8.10. The summed E-state index contributed by atoms with van der Waals surface area (Å²) in [4.78, 5) is 25.1. The number of aryl methyl sites for hydroxylation is 1. The molecule has 2 aliphatic rings. The molecule has 0 aromatic carbocycles. The maximum Gasteiger partial charge on any atom is 0.291 e. The normalized spacial score (nSPS) is 21.7. The summed E-state index contributed by atoms with van der Waals surface area (Å²) in [6.07, 6.45) is 5.88. The summed E-state index contributed by atoms with van der Waals surface area (Å²) in [5.74, 6) is 1.01. The van der Waals surface area contributed by atoms with Crippen LogP contribution in [0.15, 0.2) is 0 Å². The van der Waals surface area contributed by atoms with Gasteiger partial charge in [-0.05, 0) is 33.1 Å². The van der Waals surface area contributed by atoms with Crippen LogP contribution in [0.5, 0.6) is 0 Å². The smallest absolute Gasteiger partial charge is 0.291 e. The maximum atomic E-state index is 12.3. The van der Waals surface area contributed by atoms with Crippen LogP contribution in [-0.2, 0) is 4.74 Å². The number of aromatic nitrogens is 2. The summed E-state index contributed by atoms with van der Waals surface area (Å²) in [6, 6.07) is 0.417. The molecule has 1 amide bonds. The lowest BCUT2D eigenvalue weighted by atomic mass is 10.0. The highest BCUT2D eigenvalue weighted by molar-refractivity contribution is 5.90. The lowest BCUT2D eigenvalue weighted by Crippen LogP contribution is -2.45. The quantitative estimate of drug-likeness (QED) is 0.819. The van der Waals surface area contributed by atoms with Crippen molar-refractivity contribution in [2.24, 2.45) is 0 Å². The first kappa shape index (κ1) is 20.0. The van der Waals surface area contributed by atoms with E-state index in [0.29, 0.717) is 6.04 Å². The molecule has 150 valence electrons. The van der Waals surface area contributed by atoms with Gasteiger partial charge in [0.05, 0.1) is 5.60 Å². The zero-order chi connectivity index (χ0) is 19.6. The van der Waals surface area contributed by atoms with E-state index >= 15 is 0 Å².